The number of carbonyl (C=O) groups excluding carboxylic acids is 4. The van der Waals surface area contributed by atoms with E-state index >= 15 is 0 Å². The maximum atomic E-state index is 12.3. The topological polar surface area (TPSA) is 223 Å². The standard InChI is InChI=1S/C43H81N5O9/c1-2-3-20-32-45-38(50)25-23-33-46-40(52)30-28-37(43(56)57)48-41(53)26-24-34-47-39(51)29-27-36(42(54)55)44-31-21-18-16-14-12-10-8-6-4-5-7-9-11-13-15-17-19-22-35-49/h36-37,44,49H,2-35H2,1H3,(H,45,50)(H,46,52)(H,47,51)(H,48,53)(H,54,55)(H,56,57). The molecule has 0 spiro atoms. The molecule has 14 nitrogen and oxygen atoms in total. The fraction of sp³-hybridized carbons (Fsp3) is 0.860. The zero-order valence-corrected chi connectivity index (χ0v) is 35.5. The molecule has 2 atom stereocenters. The molecule has 4 amide bonds. The second-order valence-corrected chi connectivity index (χ2v) is 15.4. The zero-order valence-electron chi connectivity index (χ0n) is 35.5. The van der Waals surface area contributed by atoms with Crippen molar-refractivity contribution in [3.63, 3.8) is 0 Å². The van der Waals surface area contributed by atoms with Crippen LogP contribution in [0.5, 0.6) is 0 Å². The first kappa shape index (κ1) is 53.7. The fourth-order valence-electron chi connectivity index (χ4n) is 6.55. The van der Waals surface area contributed by atoms with Gasteiger partial charge in [0.1, 0.15) is 12.1 Å². The molecular formula is C43H81N5O9. The van der Waals surface area contributed by atoms with E-state index in [1.807, 2.05) is 0 Å². The van der Waals surface area contributed by atoms with Gasteiger partial charge in [0.2, 0.25) is 23.6 Å². The maximum absolute atomic E-state index is 12.3. The Labute approximate surface area is 343 Å². The predicted molar refractivity (Wildman–Crippen MR) is 225 cm³/mol. The van der Waals surface area contributed by atoms with Gasteiger partial charge in [-0.15, -0.1) is 0 Å². The predicted octanol–water partition coefficient (Wildman–Crippen LogP) is 6.27. The minimum atomic E-state index is -1.25. The van der Waals surface area contributed by atoms with E-state index in [1.165, 1.54) is 83.5 Å². The van der Waals surface area contributed by atoms with Gasteiger partial charge in [-0.2, -0.15) is 0 Å². The Morgan fingerprint density at radius 3 is 1.18 bits per heavy atom. The second-order valence-electron chi connectivity index (χ2n) is 15.4. The molecule has 0 heterocycles. The van der Waals surface area contributed by atoms with Gasteiger partial charge in [0.25, 0.3) is 0 Å². The molecule has 0 aliphatic carbocycles. The Kier molecular flexibility index (Phi) is 37.3. The third kappa shape index (κ3) is 36.8. The quantitative estimate of drug-likeness (QED) is 0.0323. The van der Waals surface area contributed by atoms with Crippen molar-refractivity contribution in [3.05, 3.63) is 0 Å². The summed E-state index contributed by atoms with van der Waals surface area (Å²) in [6, 6.07) is -2.05. The minimum Gasteiger partial charge on any atom is -0.480 e. The average molecular weight is 812 g/mol. The monoisotopic (exact) mass is 812 g/mol. The molecule has 2 unspecified atom stereocenters. The van der Waals surface area contributed by atoms with E-state index in [1.54, 1.807) is 0 Å². The fourth-order valence-corrected chi connectivity index (χ4v) is 6.55. The van der Waals surface area contributed by atoms with Crippen LogP contribution in [0.3, 0.4) is 0 Å². The van der Waals surface area contributed by atoms with Crippen molar-refractivity contribution >= 4 is 35.6 Å². The highest BCUT2D eigenvalue weighted by Gasteiger charge is 2.21. The molecule has 0 saturated carbocycles. The molecule has 0 aromatic carbocycles. The molecule has 0 aliphatic rings. The van der Waals surface area contributed by atoms with Gasteiger partial charge >= 0.3 is 11.9 Å². The van der Waals surface area contributed by atoms with E-state index in [9.17, 15) is 39.0 Å². The van der Waals surface area contributed by atoms with Crippen molar-refractivity contribution in [1.29, 1.82) is 0 Å². The largest absolute Gasteiger partial charge is 0.480 e. The highest BCUT2D eigenvalue weighted by molar-refractivity contribution is 5.84. The number of carbonyl (C=O) groups is 6. The number of carboxylic acid groups (broad SMARTS) is 2. The van der Waals surface area contributed by atoms with E-state index in [0.717, 1.165) is 51.4 Å². The molecule has 8 N–H and O–H groups in total. The molecule has 0 rings (SSSR count). The van der Waals surface area contributed by atoms with Gasteiger partial charge in [0, 0.05) is 51.9 Å². The van der Waals surface area contributed by atoms with Gasteiger partial charge in [-0.1, -0.05) is 122 Å². The number of rotatable bonds is 42. The van der Waals surface area contributed by atoms with Crippen molar-refractivity contribution in [2.24, 2.45) is 0 Å². The van der Waals surface area contributed by atoms with Crippen LogP contribution in [0.4, 0.5) is 0 Å². The third-order valence-electron chi connectivity index (χ3n) is 10.1. The first-order chi connectivity index (χ1) is 27.6. The summed E-state index contributed by atoms with van der Waals surface area (Å²) in [4.78, 5) is 71.9. The van der Waals surface area contributed by atoms with Gasteiger partial charge < -0.3 is 41.9 Å². The molecular weight excluding hydrogens is 730 g/mol. The summed E-state index contributed by atoms with van der Waals surface area (Å²) in [5.74, 6) is -3.50. The first-order valence-corrected chi connectivity index (χ1v) is 22.5. The van der Waals surface area contributed by atoms with Gasteiger partial charge in [-0.3, -0.25) is 24.0 Å². The molecule has 14 heteroatoms. The van der Waals surface area contributed by atoms with Crippen molar-refractivity contribution in [1.82, 2.24) is 26.6 Å². The van der Waals surface area contributed by atoms with Gasteiger partial charge in [-0.25, -0.2) is 4.79 Å². The van der Waals surface area contributed by atoms with Crippen LogP contribution in [0.1, 0.15) is 193 Å². The summed E-state index contributed by atoms with van der Waals surface area (Å²) >= 11 is 0. The van der Waals surface area contributed by atoms with Crippen LogP contribution in [0.2, 0.25) is 0 Å². The van der Waals surface area contributed by atoms with E-state index < -0.39 is 29.9 Å². The number of aliphatic hydroxyl groups excluding tert-OH is 1. The molecule has 0 aromatic rings. The first-order valence-electron chi connectivity index (χ1n) is 22.5. The van der Waals surface area contributed by atoms with Crippen LogP contribution in [0, 0.1) is 0 Å². The van der Waals surface area contributed by atoms with Crippen molar-refractivity contribution in [2.75, 3.05) is 32.8 Å². The minimum absolute atomic E-state index is 0.0228. The molecule has 0 radical (unpaired) electrons. The van der Waals surface area contributed by atoms with Crippen LogP contribution < -0.4 is 26.6 Å². The summed E-state index contributed by atoms with van der Waals surface area (Å²) < 4.78 is 0. The summed E-state index contributed by atoms with van der Waals surface area (Å²) in [6.07, 6.45) is 26.2. The van der Waals surface area contributed by atoms with E-state index in [-0.39, 0.29) is 69.2 Å². The summed E-state index contributed by atoms with van der Waals surface area (Å²) in [6.45, 7) is 4.11. The lowest BCUT2D eigenvalue weighted by atomic mass is 10.0. The van der Waals surface area contributed by atoms with Crippen LogP contribution in [0.25, 0.3) is 0 Å². The number of carboxylic acids is 2. The normalized spacial score (nSPS) is 12.1. The lowest BCUT2D eigenvalue weighted by Gasteiger charge is -2.15. The Bertz CT molecular complexity index is 1060. The number of hydrogen-bond acceptors (Lipinski definition) is 8. The van der Waals surface area contributed by atoms with Gasteiger partial charge in [0.15, 0.2) is 0 Å². The van der Waals surface area contributed by atoms with Crippen LogP contribution in [0.15, 0.2) is 0 Å². The van der Waals surface area contributed by atoms with E-state index in [0.29, 0.717) is 32.7 Å². The highest BCUT2D eigenvalue weighted by atomic mass is 16.4. The van der Waals surface area contributed by atoms with Crippen molar-refractivity contribution < 1.29 is 44.1 Å². The Morgan fingerprint density at radius 1 is 0.404 bits per heavy atom. The van der Waals surface area contributed by atoms with Crippen LogP contribution in [-0.2, 0) is 28.8 Å². The number of nitrogens with one attached hydrogen (secondary N) is 5. The highest BCUT2D eigenvalue weighted by Crippen LogP contribution is 2.14. The molecule has 0 fully saturated rings. The molecule has 0 saturated heterocycles. The SMILES string of the molecule is CCCCCNC(=O)CCCNC(=O)CCC(NC(=O)CCCNC(=O)CCC(NCCCCCCCCCCCCCCCCCCCCO)C(=O)O)C(=O)O. The Balaban J connectivity index is 3.90. The molecule has 57 heavy (non-hydrogen) atoms. The lowest BCUT2D eigenvalue weighted by molar-refractivity contribution is -0.142. The van der Waals surface area contributed by atoms with E-state index in [2.05, 4.69) is 33.5 Å². The van der Waals surface area contributed by atoms with Crippen LogP contribution in [-0.4, -0.2) is 95.8 Å². The summed E-state index contributed by atoms with van der Waals surface area (Å²) in [5.41, 5.74) is 0. The average Bonchev–Trinajstić information content (AvgIpc) is 3.18. The Hall–Kier alpha value is -3.26. The second kappa shape index (κ2) is 39.6. The Morgan fingerprint density at radius 2 is 0.754 bits per heavy atom. The van der Waals surface area contributed by atoms with Crippen LogP contribution >= 0.6 is 0 Å². The number of aliphatic hydroxyl groups is 1. The third-order valence-corrected chi connectivity index (χ3v) is 10.1. The number of unbranched alkanes of at least 4 members (excludes halogenated alkanes) is 19. The van der Waals surface area contributed by atoms with Crippen molar-refractivity contribution in [2.45, 2.75) is 205 Å². The molecule has 332 valence electrons. The van der Waals surface area contributed by atoms with Crippen molar-refractivity contribution in [3.8, 4) is 0 Å². The maximum Gasteiger partial charge on any atom is 0.326 e. The van der Waals surface area contributed by atoms with Gasteiger partial charge in [0.05, 0.1) is 0 Å². The smallest absolute Gasteiger partial charge is 0.326 e. The van der Waals surface area contributed by atoms with E-state index in [4.69, 9.17) is 5.11 Å². The lowest BCUT2D eigenvalue weighted by Crippen LogP contribution is -2.42. The number of aliphatic carboxylic acids is 2. The van der Waals surface area contributed by atoms with Gasteiger partial charge in [-0.05, 0) is 51.5 Å². The summed E-state index contributed by atoms with van der Waals surface area (Å²) in [5, 5.41) is 41.5. The molecule has 0 bridgehead atoms. The number of hydrogen-bond donors (Lipinski definition) is 8. The zero-order chi connectivity index (χ0) is 42.2. The summed E-state index contributed by atoms with van der Waals surface area (Å²) in [7, 11) is 0. The molecule has 0 aliphatic heterocycles. The molecule has 0 aromatic heterocycles. The number of amides is 4.